The van der Waals surface area contributed by atoms with Crippen LogP contribution in [0.5, 0.6) is 5.75 Å². The van der Waals surface area contributed by atoms with Gasteiger partial charge >= 0.3 is 0 Å². The molecule has 3 N–H and O–H groups in total. The molecular formula is C17H22N2O2. The topological polar surface area (TPSA) is 56.5 Å². The van der Waals surface area contributed by atoms with Gasteiger partial charge in [-0.3, -0.25) is 0 Å². The molecule has 0 saturated carbocycles. The van der Waals surface area contributed by atoms with Crippen molar-refractivity contribution in [3.8, 4) is 5.75 Å². The lowest BCUT2D eigenvalue weighted by Gasteiger charge is -2.14. The van der Waals surface area contributed by atoms with Gasteiger partial charge in [0.1, 0.15) is 5.75 Å². The lowest BCUT2D eigenvalue weighted by atomic mass is 10.2. The summed E-state index contributed by atoms with van der Waals surface area (Å²) in [5.74, 6) is 0.844. The van der Waals surface area contributed by atoms with Crippen LogP contribution in [0.3, 0.4) is 0 Å². The maximum absolute atomic E-state index is 6.03. The third-order valence-corrected chi connectivity index (χ3v) is 3.10. The van der Waals surface area contributed by atoms with E-state index >= 15 is 0 Å². The van der Waals surface area contributed by atoms with Crippen LogP contribution < -0.4 is 15.8 Å². The third-order valence-electron chi connectivity index (χ3n) is 3.10. The molecule has 0 fully saturated rings. The van der Waals surface area contributed by atoms with Gasteiger partial charge < -0.3 is 20.5 Å². The Morgan fingerprint density at radius 3 is 2.43 bits per heavy atom. The van der Waals surface area contributed by atoms with Crippen molar-refractivity contribution < 1.29 is 9.47 Å². The molecule has 2 aromatic carbocycles. The Bertz CT molecular complexity index is 514. The molecule has 0 aliphatic carbocycles. The normalized spacial score (nSPS) is 11.9. The quantitative estimate of drug-likeness (QED) is 0.783. The fourth-order valence-corrected chi connectivity index (χ4v) is 1.92. The first-order chi connectivity index (χ1) is 10.3. The van der Waals surface area contributed by atoms with Gasteiger partial charge in [0.25, 0.3) is 0 Å². The number of hydrogen-bond acceptors (Lipinski definition) is 4. The summed E-state index contributed by atoms with van der Waals surface area (Å²) in [5.41, 5.74) is 8.21. The average Bonchev–Trinajstić information content (AvgIpc) is 2.54. The minimum absolute atomic E-state index is 0.0455. The molecular weight excluding hydrogens is 264 g/mol. The van der Waals surface area contributed by atoms with Crippen molar-refractivity contribution in [2.24, 2.45) is 5.73 Å². The molecule has 0 amide bonds. The average molecular weight is 286 g/mol. The zero-order chi connectivity index (χ0) is 14.9. The zero-order valence-corrected chi connectivity index (χ0v) is 12.3. The molecule has 0 spiro atoms. The van der Waals surface area contributed by atoms with Gasteiger partial charge in [-0.1, -0.05) is 30.3 Å². The molecule has 2 rings (SSSR count). The Balaban J connectivity index is 1.66. The van der Waals surface area contributed by atoms with Crippen molar-refractivity contribution in [1.29, 1.82) is 0 Å². The van der Waals surface area contributed by atoms with Gasteiger partial charge in [-0.2, -0.15) is 0 Å². The van der Waals surface area contributed by atoms with E-state index in [-0.39, 0.29) is 6.04 Å². The fourth-order valence-electron chi connectivity index (χ4n) is 1.92. The minimum Gasteiger partial charge on any atom is -0.497 e. The van der Waals surface area contributed by atoms with Gasteiger partial charge in [-0.05, 0) is 29.8 Å². The van der Waals surface area contributed by atoms with Crippen LogP contribution in [0.1, 0.15) is 5.56 Å². The van der Waals surface area contributed by atoms with Crippen molar-refractivity contribution in [2.75, 3.05) is 25.6 Å². The van der Waals surface area contributed by atoms with Crippen LogP contribution in [0.2, 0.25) is 0 Å². The first-order valence-corrected chi connectivity index (χ1v) is 7.03. The van der Waals surface area contributed by atoms with Crippen LogP contribution in [-0.2, 0) is 11.3 Å². The van der Waals surface area contributed by atoms with Gasteiger partial charge in [0.15, 0.2) is 0 Å². The number of ether oxygens (including phenoxy) is 2. The molecule has 112 valence electrons. The van der Waals surface area contributed by atoms with E-state index in [9.17, 15) is 0 Å². The number of methoxy groups -OCH3 is 1. The van der Waals surface area contributed by atoms with E-state index in [0.29, 0.717) is 19.8 Å². The summed E-state index contributed by atoms with van der Waals surface area (Å²) < 4.78 is 10.7. The van der Waals surface area contributed by atoms with Crippen molar-refractivity contribution in [1.82, 2.24) is 0 Å². The maximum Gasteiger partial charge on any atom is 0.119 e. The van der Waals surface area contributed by atoms with Gasteiger partial charge in [-0.15, -0.1) is 0 Å². The van der Waals surface area contributed by atoms with Crippen LogP contribution >= 0.6 is 0 Å². The molecule has 0 heterocycles. The monoisotopic (exact) mass is 286 g/mol. The second-order valence-corrected chi connectivity index (χ2v) is 4.87. The minimum atomic E-state index is -0.0455. The lowest BCUT2D eigenvalue weighted by molar-refractivity contribution is 0.110. The summed E-state index contributed by atoms with van der Waals surface area (Å²) in [5, 5.41) is 3.28. The largest absolute Gasteiger partial charge is 0.497 e. The van der Waals surface area contributed by atoms with Crippen LogP contribution in [0.4, 0.5) is 5.69 Å². The van der Waals surface area contributed by atoms with Crippen LogP contribution in [0, 0.1) is 0 Å². The number of nitrogens with two attached hydrogens (primary N) is 1. The number of benzene rings is 2. The zero-order valence-electron chi connectivity index (χ0n) is 12.3. The molecule has 0 radical (unpaired) electrons. The Labute approximate surface area is 125 Å². The molecule has 0 aliphatic rings. The Kier molecular flexibility index (Phi) is 6.06. The van der Waals surface area contributed by atoms with Gasteiger partial charge in [0.2, 0.25) is 0 Å². The standard InChI is InChI=1S/C17H22N2O2/c1-20-17-9-7-16(8-10-17)19-11-15(18)13-21-12-14-5-3-2-4-6-14/h2-10,15,19H,11-13,18H2,1H3/t15-/m0/s1. The van der Waals surface area contributed by atoms with Crippen LogP contribution in [0.15, 0.2) is 54.6 Å². The summed E-state index contributed by atoms with van der Waals surface area (Å²) in [4.78, 5) is 0. The first kappa shape index (κ1) is 15.4. The summed E-state index contributed by atoms with van der Waals surface area (Å²) in [6.07, 6.45) is 0. The van der Waals surface area contributed by atoms with Gasteiger partial charge in [-0.25, -0.2) is 0 Å². The SMILES string of the molecule is COc1ccc(NC[C@H](N)COCc2ccccc2)cc1. The van der Waals surface area contributed by atoms with E-state index in [2.05, 4.69) is 5.32 Å². The van der Waals surface area contributed by atoms with Gasteiger partial charge in [0.05, 0.1) is 20.3 Å². The number of anilines is 1. The van der Waals surface area contributed by atoms with E-state index in [4.69, 9.17) is 15.2 Å². The maximum atomic E-state index is 6.03. The van der Waals surface area contributed by atoms with Crippen molar-refractivity contribution in [3.05, 3.63) is 60.2 Å². The van der Waals surface area contributed by atoms with E-state index in [1.54, 1.807) is 7.11 Å². The lowest BCUT2D eigenvalue weighted by Crippen LogP contribution is -2.33. The molecule has 0 saturated heterocycles. The van der Waals surface area contributed by atoms with Crippen molar-refractivity contribution >= 4 is 5.69 Å². The highest BCUT2D eigenvalue weighted by Crippen LogP contribution is 2.14. The van der Waals surface area contributed by atoms with E-state index in [1.165, 1.54) is 0 Å². The Hall–Kier alpha value is -2.04. The Morgan fingerprint density at radius 1 is 1.05 bits per heavy atom. The molecule has 4 heteroatoms. The van der Waals surface area contributed by atoms with Crippen LogP contribution in [0.25, 0.3) is 0 Å². The molecule has 0 unspecified atom stereocenters. The van der Waals surface area contributed by atoms with Crippen molar-refractivity contribution in [3.63, 3.8) is 0 Å². The van der Waals surface area contributed by atoms with E-state index in [1.807, 2.05) is 54.6 Å². The molecule has 2 aromatic rings. The van der Waals surface area contributed by atoms with Gasteiger partial charge in [0, 0.05) is 18.3 Å². The fraction of sp³-hybridized carbons (Fsp3) is 0.294. The highest BCUT2D eigenvalue weighted by atomic mass is 16.5. The highest BCUT2D eigenvalue weighted by molar-refractivity contribution is 5.46. The second kappa shape index (κ2) is 8.29. The summed E-state index contributed by atoms with van der Waals surface area (Å²) in [6.45, 7) is 1.79. The summed E-state index contributed by atoms with van der Waals surface area (Å²) in [6, 6.07) is 17.8. The van der Waals surface area contributed by atoms with Crippen LogP contribution in [-0.4, -0.2) is 26.3 Å². The number of rotatable bonds is 8. The molecule has 21 heavy (non-hydrogen) atoms. The first-order valence-electron chi connectivity index (χ1n) is 7.03. The number of nitrogens with one attached hydrogen (secondary N) is 1. The smallest absolute Gasteiger partial charge is 0.119 e. The van der Waals surface area contributed by atoms with Crippen molar-refractivity contribution in [2.45, 2.75) is 12.6 Å². The molecule has 1 atom stereocenters. The van der Waals surface area contributed by atoms with E-state index in [0.717, 1.165) is 17.0 Å². The third kappa shape index (κ3) is 5.45. The molecule has 0 bridgehead atoms. The molecule has 0 aliphatic heterocycles. The molecule has 0 aromatic heterocycles. The highest BCUT2D eigenvalue weighted by Gasteiger charge is 2.03. The summed E-state index contributed by atoms with van der Waals surface area (Å²) >= 11 is 0. The summed E-state index contributed by atoms with van der Waals surface area (Å²) in [7, 11) is 1.66. The molecule has 4 nitrogen and oxygen atoms in total. The second-order valence-electron chi connectivity index (χ2n) is 4.87. The predicted molar refractivity (Wildman–Crippen MR) is 85.6 cm³/mol. The predicted octanol–water partition coefficient (Wildman–Crippen LogP) is 2.65. The number of hydrogen-bond donors (Lipinski definition) is 2. The van der Waals surface area contributed by atoms with E-state index < -0.39 is 0 Å². The Morgan fingerprint density at radius 2 is 1.76 bits per heavy atom.